The van der Waals surface area contributed by atoms with Gasteiger partial charge >= 0.3 is 0 Å². The van der Waals surface area contributed by atoms with Crippen molar-refractivity contribution in [3.63, 3.8) is 0 Å². The number of nitrogens with one attached hydrogen (secondary N) is 1. The van der Waals surface area contributed by atoms with Crippen LogP contribution in [0.15, 0.2) is 29.2 Å². The van der Waals surface area contributed by atoms with E-state index in [1.807, 2.05) is 0 Å². The summed E-state index contributed by atoms with van der Waals surface area (Å²) in [6.45, 7) is 2.71. The van der Waals surface area contributed by atoms with Crippen molar-refractivity contribution < 1.29 is 8.42 Å². The minimum absolute atomic E-state index is 0.296. The minimum Gasteiger partial charge on any atom is -0.330 e. The molecule has 0 bridgehead atoms. The summed E-state index contributed by atoms with van der Waals surface area (Å²) in [6.07, 6.45) is 0.765. The van der Waals surface area contributed by atoms with Gasteiger partial charge in [0.1, 0.15) is 0 Å². The van der Waals surface area contributed by atoms with E-state index in [-0.39, 0.29) is 0 Å². The molecule has 15 heavy (non-hydrogen) atoms. The Balaban J connectivity index is 2.89. The van der Waals surface area contributed by atoms with Gasteiger partial charge in [0.2, 0.25) is 10.0 Å². The lowest BCUT2D eigenvalue weighted by molar-refractivity contribution is 0.584. The van der Waals surface area contributed by atoms with Gasteiger partial charge in [0.15, 0.2) is 0 Å². The normalized spacial score (nSPS) is 11.6. The summed E-state index contributed by atoms with van der Waals surface area (Å²) in [5, 5.41) is 0. The average Bonchev–Trinajstić information content (AvgIpc) is 2.19. The fourth-order valence-corrected chi connectivity index (χ4v) is 2.32. The highest BCUT2D eigenvalue weighted by molar-refractivity contribution is 7.89. The van der Waals surface area contributed by atoms with Crippen molar-refractivity contribution in [2.75, 3.05) is 13.1 Å². The summed E-state index contributed by atoms with van der Waals surface area (Å²) in [4.78, 5) is 0.296. The van der Waals surface area contributed by atoms with E-state index < -0.39 is 10.0 Å². The van der Waals surface area contributed by atoms with Crippen molar-refractivity contribution in [3.8, 4) is 0 Å². The third-order valence-corrected chi connectivity index (χ3v) is 3.56. The Morgan fingerprint density at radius 3 is 2.33 bits per heavy atom. The number of benzene rings is 1. The molecule has 0 aliphatic rings. The predicted octanol–water partition coefficient (Wildman–Crippen LogP) is 0.486. The monoisotopic (exact) mass is 228 g/mol. The summed E-state index contributed by atoms with van der Waals surface area (Å²) >= 11 is 0. The Bertz CT molecular complexity index is 398. The first kappa shape index (κ1) is 12.2. The Kier molecular flexibility index (Phi) is 4.26. The number of nitrogens with two attached hydrogens (primary N) is 1. The highest BCUT2D eigenvalue weighted by atomic mass is 32.2. The van der Waals surface area contributed by atoms with E-state index in [0.717, 1.165) is 12.0 Å². The molecule has 0 saturated carbocycles. The van der Waals surface area contributed by atoms with E-state index in [1.54, 1.807) is 31.2 Å². The summed E-state index contributed by atoms with van der Waals surface area (Å²) in [7, 11) is -3.32. The van der Waals surface area contributed by atoms with E-state index in [0.29, 0.717) is 18.0 Å². The maximum atomic E-state index is 11.6. The molecule has 0 aromatic heterocycles. The number of hydrogen-bond acceptors (Lipinski definition) is 3. The van der Waals surface area contributed by atoms with Crippen LogP contribution in [0, 0.1) is 0 Å². The highest BCUT2D eigenvalue weighted by Crippen LogP contribution is 2.10. The molecule has 84 valence electrons. The molecule has 0 heterocycles. The predicted molar refractivity (Wildman–Crippen MR) is 60.1 cm³/mol. The van der Waals surface area contributed by atoms with Gasteiger partial charge in [0, 0.05) is 6.54 Å². The Labute approximate surface area is 90.5 Å². The molecule has 1 aromatic rings. The van der Waals surface area contributed by atoms with Crippen molar-refractivity contribution >= 4 is 10.0 Å². The fraction of sp³-hybridized carbons (Fsp3) is 0.400. The van der Waals surface area contributed by atoms with Gasteiger partial charge in [0.05, 0.1) is 4.90 Å². The van der Waals surface area contributed by atoms with Crippen molar-refractivity contribution in [2.24, 2.45) is 5.73 Å². The maximum absolute atomic E-state index is 11.6. The standard InChI is InChI=1S/C10H16N2O2S/c1-2-12-15(13,14)10-5-3-9(4-6-10)7-8-11/h3-6,12H,2,7-8,11H2,1H3. The van der Waals surface area contributed by atoms with Crippen LogP contribution in [0.25, 0.3) is 0 Å². The lowest BCUT2D eigenvalue weighted by Gasteiger charge is -2.05. The molecule has 0 radical (unpaired) electrons. The summed E-state index contributed by atoms with van der Waals surface area (Å²) in [6, 6.07) is 6.78. The van der Waals surface area contributed by atoms with Crippen LogP contribution >= 0.6 is 0 Å². The smallest absolute Gasteiger partial charge is 0.240 e. The fourth-order valence-electron chi connectivity index (χ4n) is 1.28. The molecule has 0 fully saturated rings. The lowest BCUT2D eigenvalue weighted by Crippen LogP contribution is -2.23. The van der Waals surface area contributed by atoms with E-state index in [4.69, 9.17) is 5.73 Å². The van der Waals surface area contributed by atoms with Gasteiger partial charge in [-0.15, -0.1) is 0 Å². The molecule has 0 spiro atoms. The first-order chi connectivity index (χ1) is 7.10. The van der Waals surface area contributed by atoms with E-state index in [2.05, 4.69) is 4.72 Å². The molecule has 1 rings (SSSR count). The average molecular weight is 228 g/mol. The zero-order chi connectivity index (χ0) is 11.3. The Morgan fingerprint density at radius 2 is 1.87 bits per heavy atom. The van der Waals surface area contributed by atoms with Crippen LogP contribution in [0.3, 0.4) is 0 Å². The van der Waals surface area contributed by atoms with Crippen LogP contribution in [-0.4, -0.2) is 21.5 Å². The van der Waals surface area contributed by atoms with Gasteiger partial charge in [-0.3, -0.25) is 0 Å². The summed E-state index contributed by atoms with van der Waals surface area (Å²) in [5.74, 6) is 0. The van der Waals surface area contributed by atoms with E-state index in [1.165, 1.54) is 0 Å². The van der Waals surface area contributed by atoms with Crippen LogP contribution in [0.1, 0.15) is 12.5 Å². The first-order valence-electron chi connectivity index (χ1n) is 4.89. The van der Waals surface area contributed by atoms with Gasteiger partial charge in [-0.1, -0.05) is 19.1 Å². The zero-order valence-electron chi connectivity index (χ0n) is 8.73. The molecular formula is C10H16N2O2S. The molecule has 0 unspecified atom stereocenters. The van der Waals surface area contributed by atoms with Gasteiger partial charge < -0.3 is 5.73 Å². The molecule has 1 aromatic carbocycles. The number of sulfonamides is 1. The molecule has 0 aliphatic carbocycles. The highest BCUT2D eigenvalue weighted by Gasteiger charge is 2.11. The topological polar surface area (TPSA) is 72.2 Å². The summed E-state index contributed by atoms with van der Waals surface area (Å²) < 4.78 is 25.6. The maximum Gasteiger partial charge on any atom is 0.240 e. The molecule has 0 amide bonds. The second-order valence-electron chi connectivity index (χ2n) is 3.18. The molecule has 0 aliphatic heterocycles. The summed E-state index contributed by atoms with van der Waals surface area (Å²) in [5.41, 5.74) is 6.45. The number of hydrogen-bond donors (Lipinski definition) is 2. The first-order valence-corrected chi connectivity index (χ1v) is 6.37. The van der Waals surface area contributed by atoms with Crippen LogP contribution in [-0.2, 0) is 16.4 Å². The molecule has 5 heteroatoms. The third kappa shape index (κ3) is 3.30. The van der Waals surface area contributed by atoms with Crippen LogP contribution < -0.4 is 10.5 Å². The molecular weight excluding hydrogens is 212 g/mol. The van der Waals surface area contributed by atoms with Crippen molar-refractivity contribution in [2.45, 2.75) is 18.2 Å². The van der Waals surface area contributed by atoms with Crippen molar-refractivity contribution in [1.29, 1.82) is 0 Å². The number of rotatable bonds is 5. The van der Waals surface area contributed by atoms with Gasteiger partial charge in [-0.2, -0.15) is 0 Å². The van der Waals surface area contributed by atoms with Crippen molar-refractivity contribution in [3.05, 3.63) is 29.8 Å². The molecule has 0 atom stereocenters. The largest absolute Gasteiger partial charge is 0.330 e. The third-order valence-electron chi connectivity index (χ3n) is 2.00. The molecule has 0 saturated heterocycles. The lowest BCUT2D eigenvalue weighted by atomic mass is 10.2. The minimum atomic E-state index is -3.32. The quantitative estimate of drug-likeness (QED) is 0.770. The molecule has 3 N–H and O–H groups in total. The zero-order valence-corrected chi connectivity index (χ0v) is 9.55. The van der Waals surface area contributed by atoms with Gasteiger partial charge in [-0.25, -0.2) is 13.1 Å². The van der Waals surface area contributed by atoms with Gasteiger partial charge in [0.25, 0.3) is 0 Å². The Morgan fingerprint density at radius 1 is 1.27 bits per heavy atom. The SMILES string of the molecule is CCNS(=O)(=O)c1ccc(CCN)cc1. The second-order valence-corrected chi connectivity index (χ2v) is 4.95. The van der Waals surface area contributed by atoms with Crippen LogP contribution in [0.5, 0.6) is 0 Å². The van der Waals surface area contributed by atoms with E-state index in [9.17, 15) is 8.42 Å². The van der Waals surface area contributed by atoms with Crippen molar-refractivity contribution in [1.82, 2.24) is 4.72 Å². The second kappa shape index (κ2) is 5.25. The van der Waals surface area contributed by atoms with Crippen LogP contribution in [0.2, 0.25) is 0 Å². The van der Waals surface area contributed by atoms with Crippen LogP contribution in [0.4, 0.5) is 0 Å². The molecule has 4 nitrogen and oxygen atoms in total. The van der Waals surface area contributed by atoms with E-state index >= 15 is 0 Å². The Hall–Kier alpha value is -0.910. The van der Waals surface area contributed by atoms with Gasteiger partial charge in [-0.05, 0) is 30.7 Å².